The van der Waals surface area contributed by atoms with Gasteiger partial charge in [0.15, 0.2) is 11.5 Å². The molecule has 2 unspecified atom stereocenters. The van der Waals surface area contributed by atoms with Crippen LogP contribution in [0, 0.1) is 0 Å². The van der Waals surface area contributed by atoms with Crippen LogP contribution in [-0.2, 0) is 9.47 Å². The van der Waals surface area contributed by atoms with Crippen molar-refractivity contribution < 1.29 is 29.2 Å². The number of nitrogens with zero attached hydrogens (tertiary/aromatic N) is 1. The van der Waals surface area contributed by atoms with Gasteiger partial charge in [0.05, 0.1) is 7.11 Å². The number of carbonyl (C=O) groups is 1. The Labute approximate surface area is 146 Å². The molecule has 2 atom stereocenters. The summed E-state index contributed by atoms with van der Waals surface area (Å²) in [5, 5.41) is 20.1. The van der Waals surface area contributed by atoms with E-state index in [2.05, 4.69) is 0 Å². The van der Waals surface area contributed by atoms with Crippen LogP contribution < -0.4 is 4.74 Å². The van der Waals surface area contributed by atoms with Crippen molar-refractivity contribution in [3.8, 4) is 11.5 Å². The van der Waals surface area contributed by atoms with Crippen molar-refractivity contribution >= 4 is 5.91 Å². The molecule has 136 valence electrons. The summed E-state index contributed by atoms with van der Waals surface area (Å²) in [6.07, 6.45) is 3.92. The molecule has 0 radical (unpaired) electrons. The zero-order valence-corrected chi connectivity index (χ0v) is 14.7. The number of phenols is 1. The van der Waals surface area contributed by atoms with Gasteiger partial charge in [-0.25, -0.2) is 0 Å². The van der Waals surface area contributed by atoms with Crippen LogP contribution in [0.5, 0.6) is 11.5 Å². The van der Waals surface area contributed by atoms with E-state index in [1.165, 1.54) is 43.4 Å². The quantitative estimate of drug-likeness (QED) is 0.760. The number of amides is 1. The molecular formula is C18H23NO6. The van der Waals surface area contributed by atoms with E-state index in [1.807, 2.05) is 0 Å². The average molecular weight is 349 g/mol. The highest BCUT2D eigenvalue weighted by atomic mass is 16.6. The summed E-state index contributed by atoms with van der Waals surface area (Å²) in [4.78, 5) is 14.1. The lowest BCUT2D eigenvalue weighted by Crippen LogP contribution is -2.46. The molecule has 1 aliphatic carbocycles. The summed E-state index contributed by atoms with van der Waals surface area (Å²) in [6.45, 7) is 2.08. The number of rotatable bonds is 6. The van der Waals surface area contributed by atoms with Gasteiger partial charge in [-0.2, -0.15) is 0 Å². The van der Waals surface area contributed by atoms with Gasteiger partial charge in [-0.1, -0.05) is 0 Å². The van der Waals surface area contributed by atoms with Gasteiger partial charge in [0.25, 0.3) is 5.91 Å². The molecule has 0 aromatic heterocycles. The molecule has 1 amide bonds. The van der Waals surface area contributed by atoms with Crippen molar-refractivity contribution in [3.05, 3.63) is 47.7 Å². The minimum Gasteiger partial charge on any atom is -0.504 e. The maximum Gasteiger partial charge on any atom is 0.258 e. The Balaban J connectivity index is 2.25. The molecule has 2 rings (SSSR count). The van der Waals surface area contributed by atoms with Gasteiger partial charge >= 0.3 is 0 Å². The number of phenolic OH excluding ortho intramolecular Hbond substituents is 1. The maximum absolute atomic E-state index is 12.7. The Hall–Kier alpha value is -2.35. The predicted molar refractivity (Wildman–Crippen MR) is 91.3 cm³/mol. The second-order valence-electron chi connectivity index (χ2n) is 5.52. The number of methoxy groups -OCH3 is 2. The zero-order valence-electron chi connectivity index (χ0n) is 14.7. The van der Waals surface area contributed by atoms with Gasteiger partial charge in [0.2, 0.25) is 5.79 Å². The smallest absolute Gasteiger partial charge is 0.258 e. The molecule has 0 aliphatic heterocycles. The van der Waals surface area contributed by atoms with Crippen LogP contribution in [0.3, 0.4) is 0 Å². The van der Waals surface area contributed by atoms with Crippen molar-refractivity contribution in [3.63, 3.8) is 0 Å². The van der Waals surface area contributed by atoms with Crippen molar-refractivity contribution in [2.75, 3.05) is 27.9 Å². The first-order chi connectivity index (χ1) is 11.9. The molecular weight excluding hydrogens is 326 g/mol. The summed E-state index contributed by atoms with van der Waals surface area (Å²) in [6, 6.07) is 4.37. The lowest BCUT2D eigenvalue weighted by molar-refractivity contribution is -0.216. The van der Waals surface area contributed by atoms with E-state index in [0.717, 1.165) is 0 Å². The first kappa shape index (κ1) is 19.0. The third-order valence-corrected chi connectivity index (χ3v) is 3.97. The third-order valence-electron chi connectivity index (χ3n) is 3.97. The molecule has 1 aromatic carbocycles. The molecule has 1 aromatic rings. The van der Waals surface area contributed by atoms with Gasteiger partial charge in [-0.15, -0.1) is 0 Å². The number of aliphatic hydroxyl groups is 1. The minimum absolute atomic E-state index is 0.0419. The normalized spacial score (nSPS) is 22.4. The van der Waals surface area contributed by atoms with Crippen LogP contribution in [0.4, 0.5) is 0 Å². The Morgan fingerprint density at radius 1 is 1.36 bits per heavy atom. The first-order valence-electron chi connectivity index (χ1n) is 7.81. The summed E-state index contributed by atoms with van der Waals surface area (Å²) in [5.74, 6) is -1.70. The summed E-state index contributed by atoms with van der Waals surface area (Å²) in [7, 11) is 4.47. The van der Waals surface area contributed by atoms with E-state index >= 15 is 0 Å². The molecule has 0 bridgehead atoms. The van der Waals surface area contributed by atoms with E-state index < -0.39 is 11.9 Å². The second-order valence-corrected chi connectivity index (χ2v) is 5.52. The highest BCUT2D eigenvalue weighted by Gasteiger charge is 2.37. The number of carbonyl (C=O) groups excluding carboxylic acids is 1. The van der Waals surface area contributed by atoms with Crippen LogP contribution >= 0.6 is 0 Å². The fourth-order valence-corrected chi connectivity index (χ4v) is 2.57. The molecule has 0 saturated heterocycles. The SMILES string of the molecule is CCOC1(O)C=CC(N(C)C(=O)c2ccc(O)c(OC)c2)=CC1OC. The zero-order chi connectivity index (χ0) is 18.6. The Morgan fingerprint density at radius 3 is 2.68 bits per heavy atom. The average Bonchev–Trinajstić information content (AvgIpc) is 2.61. The number of hydrogen-bond donors (Lipinski definition) is 2. The van der Waals surface area contributed by atoms with Crippen LogP contribution in [0.25, 0.3) is 0 Å². The largest absolute Gasteiger partial charge is 0.504 e. The molecule has 7 heteroatoms. The highest BCUT2D eigenvalue weighted by Crippen LogP contribution is 2.29. The molecule has 1 aliphatic rings. The highest BCUT2D eigenvalue weighted by molar-refractivity contribution is 5.96. The minimum atomic E-state index is -1.57. The number of allylic oxidation sites excluding steroid dienone is 1. The Morgan fingerprint density at radius 2 is 2.08 bits per heavy atom. The molecule has 2 N–H and O–H groups in total. The third kappa shape index (κ3) is 3.84. The van der Waals surface area contributed by atoms with Crippen LogP contribution in [0.15, 0.2) is 42.1 Å². The number of hydrogen-bond acceptors (Lipinski definition) is 6. The topological polar surface area (TPSA) is 88.5 Å². The number of benzene rings is 1. The summed E-state index contributed by atoms with van der Waals surface area (Å²) in [5.41, 5.74) is 0.902. The Kier molecular flexibility index (Phi) is 5.84. The van der Waals surface area contributed by atoms with E-state index in [-0.39, 0.29) is 17.4 Å². The second kappa shape index (κ2) is 7.69. The van der Waals surface area contributed by atoms with Crippen molar-refractivity contribution in [2.45, 2.75) is 18.8 Å². The van der Waals surface area contributed by atoms with E-state index in [0.29, 0.717) is 17.9 Å². The van der Waals surface area contributed by atoms with Crippen molar-refractivity contribution in [2.24, 2.45) is 0 Å². The number of ether oxygens (including phenoxy) is 3. The van der Waals surface area contributed by atoms with Gasteiger partial charge in [0, 0.05) is 32.0 Å². The molecule has 7 nitrogen and oxygen atoms in total. The fourth-order valence-electron chi connectivity index (χ4n) is 2.57. The van der Waals surface area contributed by atoms with Gasteiger partial charge in [-0.3, -0.25) is 4.79 Å². The maximum atomic E-state index is 12.7. The van der Waals surface area contributed by atoms with Crippen LogP contribution in [0.1, 0.15) is 17.3 Å². The first-order valence-corrected chi connectivity index (χ1v) is 7.81. The number of likely N-dealkylation sites (N-methyl/N-ethyl adjacent to an activating group) is 1. The van der Waals surface area contributed by atoms with Crippen LogP contribution in [0.2, 0.25) is 0 Å². The van der Waals surface area contributed by atoms with Crippen molar-refractivity contribution in [1.82, 2.24) is 4.90 Å². The monoisotopic (exact) mass is 349 g/mol. The van der Waals surface area contributed by atoms with E-state index in [9.17, 15) is 15.0 Å². The molecule has 0 spiro atoms. The van der Waals surface area contributed by atoms with Crippen molar-refractivity contribution in [1.29, 1.82) is 0 Å². The van der Waals surface area contributed by atoms with E-state index in [4.69, 9.17) is 14.2 Å². The Bertz CT molecular complexity index is 699. The molecule has 25 heavy (non-hydrogen) atoms. The summed E-state index contributed by atoms with van der Waals surface area (Å²) < 4.78 is 15.7. The number of aromatic hydroxyl groups is 1. The van der Waals surface area contributed by atoms with Gasteiger partial charge in [0.1, 0.15) is 6.10 Å². The van der Waals surface area contributed by atoms with Crippen LogP contribution in [-0.4, -0.2) is 60.8 Å². The predicted octanol–water partition coefficient (Wildman–Crippen LogP) is 1.67. The lowest BCUT2D eigenvalue weighted by atomic mass is 10.0. The fraction of sp³-hybridized carbons (Fsp3) is 0.389. The lowest BCUT2D eigenvalue weighted by Gasteiger charge is -2.34. The van der Waals surface area contributed by atoms with Gasteiger partial charge < -0.3 is 29.3 Å². The van der Waals surface area contributed by atoms with Gasteiger partial charge in [-0.05, 0) is 43.4 Å². The standard InChI is InChI=1S/C18H23NO6/c1-5-25-18(22)9-8-13(11-16(18)24-4)19(2)17(21)12-6-7-14(20)15(10-12)23-3/h6-11,16,20,22H,5H2,1-4H3. The summed E-state index contributed by atoms with van der Waals surface area (Å²) >= 11 is 0. The van der Waals surface area contributed by atoms with E-state index in [1.54, 1.807) is 26.1 Å². The molecule has 0 heterocycles. The molecule has 0 fully saturated rings. The molecule has 0 saturated carbocycles.